The van der Waals surface area contributed by atoms with Crippen LogP contribution in [0.25, 0.3) is 0 Å². The number of thioether (sulfide) groups is 1. The van der Waals surface area contributed by atoms with Crippen LogP contribution in [-0.2, 0) is 0 Å². The maximum atomic E-state index is 8.63. The number of nitrogens with two attached hydrogens (primary N) is 1. The molecule has 1 aromatic rings. The van der Waals surface area contributed by atoms with Crippen molar-refractivity contribution in [1.29, 1.82) is 0 Å². The van der Waals surface area contributed by atoms with Crippen LogP contribution in [0.2, 0.25) is 0 Å². The predicted molar refractivity (Wildman–Crippen MR) is 57.9 cm³/mol. The van der Waals surface area contributed by atoms with Crippen LogP contribution in [0.1, 0.15) is 18.1 Å². The molecule has 0 atom stereocenters. The summed E-state index contributed by atoms with van der Waals surface area (Å²) in [7, 11) is 0. The number of aryl methyl sites for hydroxylation is 1. The van der Waals surface area contributed by atoms with Crippen molar-refractivity contribution in [2.45, 2.75) is 18.9 Å². The van der Waals surface area contributed by atoms with E-state index >= 15 is 0 Å². The zero-order valence-corrected chi connectivity index (χ0v) is 9.01. The molecule has 76 valence electrons. The number of hydrogen-bond donors (Lipinski definition) is 2. The number of aromatic nitrogens is 1. The van der Waals surface area contributed by atoms with E-state index in [4.69, 9.17) is 10.9 Å². The standard InChI is InChI=1S/C9H13N3OS/c1-3-14-9-7(8(10)12-13)6(2)4-5-11-9/h4-5,13H,3H2,1-2H3,(H2,10,12). The fraction of sp³-hybridized carbons (Fsp3) is 0.333. The summed E-state index contributed by atoms with van der Waals surface area (Å²) in [6.45, 7) is 3.94. The number of rotatable bonds is 3. The quantitative estimate of drug-likeness (QED) is 0.262. The van der Waals surface area contributed by atoms with E-state index in [9.17, 15) is 0 Å². The molecule has 0 bridgehead atoms. The van der Waals surface area contributed by atoms with Gasteiger partial charge in [-0.15, -0.1) is 11.8 Å². The molecule has 1 heterocycles. The number of hydrogen-bond acceptors (Lipinski definition) is 4. The molecule has 0 aliphatic carbocycles. The Bertz CT molecular complexity index is 352. The minimum Gasteiger partial charge on any atom is -0.409 e. The summed E-state index contributed by atoms with van der Waals surface area (Å²) in [4.78, 5) is 4.19. The third-order valence-electron chi connectivity index (χ3n) is 1.77. The zero-order chi connectivity index (χ0) is 10.6. The Morgan fingerprint density at radius 3 is 3.00 bits per heavy atom. The molecule has 0 saturated carbocycles. The number of nitrogens with zero attached hydrogens (tertiary/aromatic N) is 2. The second-order valence-electron chi connectivity index (χ2n) is 2.73. The lowest BCUT2D eigenvalue weighted by molar-refractivity contribution is 0.318. The summed E-state index contributed by atoms with van der Waals surface area (Å²) < 4.78 is 0. The summed E-state index contributed by atoms with van der Waals surface area (Å²) in [5.41, 5.74) is 7.26. The van der Waals surface area contributed by atoms with Crippen molar-refractivity contribution < 1.29 is 5.21 Å². The molecule has 1 aromatic heterocycles. The van der Waals surface area contributed by atoms with Crippen molar-refractivity contribution in [3.8, 4) is 0 Å². The summed E-state index contributed by atoms with van der Waals surface area (Å²) in [6, 6.07) is 1.84. The molecule has 0 aliphatic rings. The highest BCUT2D eigenvalue weighted by atomic mass is 32.2. The SMILES string of the molecule is CCSc1nccc(C)c1/C(N)=N/O. The van der Waals surface area contributed by atoms with Gasteiger partial charge < -0.3 is 10.9 Å². The van der Waals surface area contributed by atoms with E-state index in [1.54, 1.807) is 18.0 Å². The molecule has 0 spiro atoms. The van der Waals surface area contributed by atoms with Crippen molar-refractivity contribution in [3.63, 3.8) is 0 Å². The van der Waals surface area contributed by atoms with E-state index in [1.807, 2.05) is 19.9 Å². The first kappa shape index (κ1) is 10.8. The molecule has 0 aromatic carbocycles. The Kier molecular flexibility index (Phi) is 3.76. The van der Waals surface area contributed by atoms with E-state index < -0.39 is 0 Å². The maximum absolute atomic E-state index is 8.63. The van der Waals surface area contributed by atoms with Crippen molar-refractivity contribution in [1.82, 2.24) is 4.98 Å². The monoisotopic (exact) mass is 211 g/mol. The molecule has 0 radical (unpaired) electrons. The predicted octanol–water partition coefficient (Wildman–Crippen LogP) is 1.60. The Morgan fingerprint density at radius 1 is 1.71 bits per heavy atom. The lowest BCUT2D eigenvalue weighted by Gasteiger charge is -2.08. The third-order valence-corrected chi connectivity index (χ3v) is 2.64. The van der Waals surface area contributed by atoms with Crippen molar-refractivity contribution in [2.75, 3.05) is 5.75 Å². The van der Waals surface area contributed by atoms with E-state index in [0.717, 1.165) is 21.9 Å². The van der Waals surface area contributed by atoms with Crippen LogP contribution in [0, 0.1) is 6.92 Å². The second-order valence-corrected chi connectivity index (χ2v) is 3.98. The largest absolute Gasteiger partial charge is 0.409 e. The van der Waals surface area contributed by atoms with Gasteiger partial charge in [0.05, 0.1) is 5.56 Å². The minimum absolute atomic E-state index is 0.117. The third kappa shape index (κ3) is 2.17. The molecular weight excluding hydrogens is 198 g/mol. The summed E-state index contributed by atoms with van der Waals surface area (Å²) >= 11 is 1.58. The van der Waals surface area contributed by atoms with Crippen LogP contribution in [0.5, 0.6) is 0 Å². The number of amidine groups is 1. The Hall–Kier alpha value is -1.23. The molecule has 4 nitrogen and oxygen atoms in total. The number of oxime groups is 1. The van der Waals surface area contributed by atoms with E-state index in [-0.39, 0.29) is 5.84 Å². The highest BCUT2D eigenvalue weighted by Crippen LogP contribution is 2.22. The van der Waals surface area contributed by atoms with Crippen LogP contribution < -0.4 is 5.73 Å². The van der Waals surface area contributed by atoms with Gasteiger partial charge >= 0.3 is 0 Å². The van der Waals surface area contributed by atoms with E-state index in [2.05, 4.69) is 10.1 Å². The average molecular weight is 211 g/mol. The van der Waals surface area contributed by atoms with Gasteiger partial charge in [-0.3, -0.25) is 0 Å². The molecule has 3 N–H and O–H groups in total. The fourth-order valence-corrected chi connectivity index (χ4v) is 1.96. The van der Waals surface area contributed by atoms with Crippen molar-refractivity contribution >= 4 is 17.6 Å². The van der Waals surface area contributed by atoms with Gasteiger partial charge in [-0.2, -0.15) is 0 Å². The van der Waals surface area contributed by atoms with Crippen molar-refractivity contribution in [3.05, 3.63) is 23.4 Å². The van der Waals surface area contributed by atoms with Crippen LogP contribution in [-0.4, -0.2) is 21.8 Å². The molecule has 5 heteroatoms. The summed E-state index contributed by atoms with van der Waals surface area (Å²) in [5, 5.41) is 12.4. The number of pyridine rings is 1. The lowest BCUT2D eigenvalue weighted by atomic mass is 10.1. The first-order chi connectivity index (χ1) is 6.70. The van der Waals surface area contributed by atoms with Gasteiger partial charge in [0, 0.05) is 6.20 Å². The molecular formula is C9H13N3OS. The van der Waals surface area contributed by atoms with Gasteiger partial charge in [-0.1, -0.05) is 12.1 Å². The lowest BCUT2D eigenvalue weighted by Crippen LogP contribution is -2.16. The fourth-order valence-electron chi connectivity index (χ4n) is 1.14. The van der Waals surface area contributed by atoms with Crippen LogP contribution >= 0.6 is 11.8 Å². The first-order valence-electron chi connectivity index (χ1n) is 4.27. The Morgan fingerprint density at radius 2 is 2.43 bits per heavy atom. The summed E-state index contributed by atoms with van der Waals surface area (Å²) in [5.74, 6) is 1.02. The molecule has 14 heavy (non-hydrogen) atoms. The van der Waals surface area contributed by atoms with Gasteiger partial charge in [-0.05, 0) is 24.3 Å². The van der Waals surface area contributed by atoms with Crippen LogP contribution in [0.3, 0.4) is 0 Å². The van der Waals surface area contributed by atoms with Gasteiger partial charge in [-0.25, -0.2) is 4.98 Å². The Balaban J connectivity index is 3.22. The molecule has 0 unspecified atom stereocenters. The molecule has 0 amide bonds. The van der Waals surface area contributed by atoms with Crippen molar-refractivity contribution in [2.24, 2.45) is 10.9 Å². The maximum Gasteiger partial charge on any atom is 0.173 e. The molecule has 1 rings (SSSR count). The molecule has 0 aliphatic heterocycles. The molecule has 0 fully saturated rings. The van der Waals surface area contributed by atoms with E-state index in [0.29, 0.717) is 0 Å². The van der Waals surface area contributed by atoms with Crippen LogP contribution in [0.4, 0.5) is 0 Å². The van der Waals surface area contributed by atoms with Crippen LogP contribution in [0.15, 0.2) is 22.4 Å². The normalized spacial score (nSPS) is 11.7. The minimum atomic E-state index is 0.117. The van der Waals surface area contributed by atoms with Gasteiger partial charge in [0.25, 0.3) is 0 Å². The topological polar surface area (TPSA) is 71.5 Å². The highest BCUT2D eigenvalue weighted by molar-refractivity contribution is 7.99. The highest BCUT2D eigenvalue weighted by Gasteiger charge is 2.10. The zero-order valence-electron chi connectivity index (χ0n) is 8.19. The van der Waals surface area contributed by atoms with Gasteiger partial charge in [0.2, 0.25) is 0 Å². The van der Waals surface area contributed by atoms with E-state index in [1.165, 1.54) is 0 Å². The average Bonchev–Trinajstić information content (AvgIpc) is 2.18. The van der Waals surface area contributed by atoms with Gasteiger partial charge in [0.1, 0.15) is 5.03 Å². The second kappa shape index (κ2) is 4.85. The summed E-state index contributed by atoms with van der Waals surface area (Å²) in [6.07, 6.45) is 1.72. The van der Waals surface area contributed by atoms with Gasteiger partial charge in [0.15, 0.2) is 5.84 Å². The molecule has 0 saturated heterocycles. The first-order valence-corrected chi connectivity index (χ1v) is 5.25. The smallest absolute Gasteiger partial charge is 0.173 e. The Labute approximate surface area is 87.2 Å².